The van der Waals surface area contributed by atoms with Crippen LogP contribution in [0.3, 0.4) is 0 Å². The van der Waals surface area contributed by atoms with Crippen molar-refractivity contribution in [1.29, 1.82) is 0 Å². The summed E-state index contributed by atoms with van der Waals surface area (Å²) < 4.78 is 0. The molecular formula is H8Br2CoO4. The summed E-state index contributed by atoms with van der Waals surface area (Å²) >= 11 is 7.12. The van der Waals surface area contributed by atoms with Crippen molar-refractivity contribution in [1.82, 2.24) is 0 Å². The molecule has 0 spiro atoms. The maximum absolute atomic E-state index is 3.03. The van der Waals surface area contributed by atoms with Crippen molar-refractivity contribution in [3.63, 3.8) is 0 Å². The Morgan fingerprint density at radius 1 is 0.714 bits per heavy atom. The molecule has 0 aliphatic carbocycles. The number of hydrogen-bond donors (Lipinski definition) is 0. The van der Waals surface area contributed by atoms with Gasteiger partial charge in [-0.3, -0.25) is 0 Å². The quantitative estimate of drug-likeness (QED) is 0.509. The first kappa shape index (κ1) is 40.6. The minimum atomic E-state index is 0. The fourth-order valence-corrected chi connectivity index (χ4v) is 0. The van der Waals surface area contributed by atoms with Gasteiger partial charge in [0.05, 0.1) is 0 Å². The molecule has 0 aromatic heterocycles. The van der Waals surface area contributed by atoms with Crippen LogP contribution in [0.25, 0.3) is 0 Å². The van der Waals surface area contributed by atoms with Crippen LogP contribution in [0, 0.1) is 0 Å². The van der Waals surface area contributed by atoms with Gasteiger partial charge in [-0.05, 0) is 0 Å². The van der Waals surface area contributed by atoms with E-state index in [0.717, 1.165) is 11.1 Å². The summed E-state index contributed by atoms with van der Waals surface area (Å²) in [5.41, 5.74) is 0. The normalized spacial score (nSPS) is 3.14. The molecule has 4 nitrogen and oxygen atoms in total. The third kappa shape index (κ3) is 121. The molecule has 0 heterocycles. The molecule has 0 bridgehead atoms. The van der Waals surface area contributed by atoms with Gasteiger partial charge in [-0.1, -0.05) is 0 Å². The van der Waals surface area contributed by atoms with Crippen LogP contribution in [0.1, 0.15) is 0 Å². The van der Waals surface area contributed by atoms with Crippen molar-refractivity contribution in [2.75, 3.05) is 0 Å². The zero-order valence-corrected chi connectivity index (χ0v) is 7.30. The molecular weight excluding hydrogens is 283 g/mol. The molecule has 0 saturated heterocycles. The molecule has 0 aliphatic heterocycles. The molecule has 0 atom stereocenters. The van der Waals surface area contributed by atoms with Crippen molar-refractivity contribution in [2.24, 2.45) is 0 Å². The van der Waals surface area contributed by atoms with Crippen LogP contribution in [0.15, 0.2) is 0 Å². The second-order valence-electron chi connectivity index (χ2n) is 0.0476. The van der Waals surface area contributed by atoms with Gasteiger partial charge in [0, 0.05) is 0 Å². The van der Waals surface area contributed by atoms with Crippen LogP contribution in [0.4, 0.5) is 0 Å². The fraction of sp³-hybridized carbons (Fsp3) is 0. The zero-order valence-electron chi connectivity index (χ0n) is 3.09. The topological polar surface area (TPSA) is 126 Å². The first-order chi connectivity index (χ1) is 1.41. The maximum atomic E-state index is 3.03. The molecule has 0 aliphatic rings. The number of hydrogen-bond acceptors (Lipinski definition) is 0. The minimum absolute atomic E-state index is 0. The average molecular weight is 291 g/mol. The van der Waals surface area contributed by atoms with Crippen molar-refractivity contribution in [3.05, 3.63) is 0 Å². The van der Waals surface area contributed by atoms with Gasteiger partial charge >= 0.3 is 39.5 Å². The van der Waals surface area contributed by atoms with Gasteiger partial charge in [0.15, 0.2) is 0 Å². The Balaban J connectivity index is -0.00000000333. The Bertz CT molecular complexity index is 9.65. The van der Waals surface area contributed by atoms with Crippen LogP contribution in [0.5, 0.6) is 0 Å². The molecule has 7 heteroatoms. The molecule has 0 rings (SSSR count). The SMILES string of the molecule is O.O.O.O.[Br][Co][Br]. The molecule has 0 amide bonds. The van der Waals surface area contributed by atoms with E-state index in [1.807, 2.05) is 0 Å². The van der Waals surface area contributed by atoms with Crippen LogP contribution in [-0.4, -0.2) is 21.9 Å². The summed E-state index contributed by atoms with van der Waals surface area (Å²) in [5, 5.41) is 0. The van der Waals surface area contributed by atoms with Crippen molar-refractivity contribution in [2.45, 2.75) is 0 Å². The van der Waals surface area contributed by atoms with E-state index in [0.29, 0.717) is 0 Å². The summed E-state index contributed by atoms with van der Waals surface area (Å²) in [6.07, 6.45) is 0. The van der Waals surface area contributed by atoms with E-state index in [1.54, 1.807) is 0 Å². The van der Waals surface area contributed by atoms with Gasteiger partial charge in [0.25, 0.3) is 0 Å². The fourth-order valence-electron chi connectivity index (χ4n) is 0. The predicted molar refractivity (Wildman–Crippen MR) is 32.3 cm³/mol. The van der Waals surface area contributed by atoms with E-state index < -0.39 is 0 Å². The summed E-state index contributed by atoms with van der Waals surface area (Å²) in [5.74, 6) is 0. The van der Waals surface area contributed by atoms with Crippen molar-refractivity contribution < 1.29 is 33.0 Å². The van der Waals surface area contributed by atoms with Gasteiger partial charge in [0.2, 0.25) is 0 Å². The molecule has 7 heavy (non-hydrogen) atoms. The van der Waals surface area contributed by atoms with E-state index in [4.69, 9.17) is 0 Å². The molecule has 55 valence electrons. The Labute approximate surface area is 61.3 Å². The van der Waals surface area contributed by atoms with E-state index in [9.17, 15) is 0 Å². The van der Waals surface area contributed by atoms with Gasteiger partial charge in [-0.2, -0.15) is 0 Å². The zero-order chi connectivity index (χ0) is 2.71. The molecule has 0 radical (unpaired) electrons. The van der Waals surface area contributed by atoms with E-state index in [1.165, 1.54) is 0 Å². The Morgan fingerprint density at radius 2 is 0.714 bits per heavy atom. The van der Waals surface area contributed by atoms with Crippen LogP contribution < -0.4 is 0 Å². The number of halogens is 2. The summed E-state index contributed by atoms with van der Waals surface area (Å²) in [6, 6.07) is 0. The van der Waals surface area contributed by atoms with Crippen molar-refractivity contribution in [3.8, 4) is 0 Å². The third-order valence-corrected chi connectivity index (χ3v) is 0. The van der Waals surface area contributed by atoms with E-state index in [-0.39, 0.29) is 21.9 Å². The Kier molecular flexibility index (Phi) is 317. The van der Waals surface area contributed by atoms with Gasteiger partial charge in [0.1, 0.15) is 0 Å². The third-order valence-electron chi connectivity index (χ3n) is 0. The summed E-state index contributed by atoms with van der Waals surface area (Å²) in [4.78, 5) is 0. The molecule has 0 saturated carbocycles. The second-order valence-corrected chi connectivity index (χ2v) is 5.30. The van der Waals surface area contributed by atoms with Crippen LogP contribution in [-0.2, 0) is 11.1 Å². The van der Waals surface area contributed by atoms with Gasteiger partial charge in [-0.15, -0.1) is 0 Å². The monoisotopic (exact) mass is 289 g/mol. The predicted octanol–water partition coefficient (Wildman–Crippen LogP) is -1.61. The first-order valence-electron chi connectivity index (χ1n) is 0.252. The van der Waals surface area contributed by atoms with Crippen molar-refractivity contribution >= 4 is 28.3 Å². The summed E-state index contributed by atoms with van der Waals surface area (Å²) in [6.45, 7) is 0. The Morgan fingerprint density at radius 3 is 0.714 bits per heavy atom. The molecule has 8 N–H and O–H groups in total. The van der Waals surface area contributed by atoms with E-state index in [2.05, 4.69) is 28.3 Å². The molecule has 0 aromatic carbocycles. The van der Waals surface area contributed by atoms with Gasteiger partial charge < -0.3 is 21.9 Å². The Hall–Kier alpha value is 1.31. The van der Waals surface area contributed by atoms with Crippen LogP contribution in [0.2, 0.25) is 0 Å². The van der Waals surface area contributed by atoms with Crippen LogP contribution >= 0.6 is 28.3 Å². The average Bonchev–Trinajstić information content (AvgIpc) is 0.918. The molecule has 0 aromatic rings. The second kappa shape index (κ2) is 54.6. The molecule has 0 unspecified atom stereocenters. The van der Waals surface area contributed by atoms with Gasteiger partial charge in [-0.25, -0.2) is 0 Å². The summed E-state index contributed by atoms with van der Waals surface area (Å²) in [7, 11) is 0. The molecule has 0 fully saturated rings. The standard InChI is InChI=1S/2BrH.Co.4H2O/h2*1H;;4*1H2/q;;+2;;;;/p-2. The number of rotatable bonds is 0. The van der Waals surface area contributed by atoms with E-state index >= 15 is 0 Å². The first-order valence-corrected chi connectivity index (χ1v) is 5.40.